The molecule has 1 saturated heterocycles. The van der Waals surface area contributed by atoms with Gasteiger partial charge in [-0.2, -0.15) is 0 Å². The number of imide groups is 1. The maximum Gasteiger partial charge on any atom is 0.294 e. The molecule has 0 spiro atoms. The van der Waals surface area contributed by atoms with Crippen molar-refractivity contribution in [2.24, 2.45) is 0 Å². The quantitative estimate of drug-likeness (QED) is 0.230. The van der Waals surface area contributed by atoms with Crippen LogP contribution in [0.4, 0.5) is 14.9 Å². The van der Waals surface area contributed by atoms with Gasteiger partial charge in [0.2, 0.25) is 5.91 Å². The number of amides is 3. The zero-order valence-corrected chi connectivity index (χ0v) is 22.7. The van der Waals surface area contributed by atoms with E-state index in [4.69, 9.17) is 21.1 Å². The van der Waals surface area contributed by atoms with Gasteiger partial charge in [0.1, 0.15) is 19.0 Å². The number of hydrogen-bond acceptors (Lipinski definition) is 6. The van der Waals surface area contributed by atoms with Crippen LogP contribution in [-0.2, 0) is 16.2 Å². The molecule has 0 aliphatic carbocycles. The van der Waals surface area contributed by atoms with Crippen LogP contribution in [0.1, 0.15) is 11.1 Å². The topological polar surface area (TPSA) is 84.9 Å². The highest BCUT2D eigenvalue weighted by atomic mass is 35.5. The van der Waals surface area contributed by atoms with E-state index in [2.05, 4.69) is 5.32 Å². The molecular weight excluding hydrogens is 555 g/mol. The van der Waals surface area contributed by atoms with Crippen LogP contribution in [0.5, 0.6) is 11.5 Å². The summed E-state index contributed by atoms with van der Waals surface area (Å²) in [6.45, 7) is -0.253. The smallest absolute Gasteiger partial charge is 0.294 e. The molecule has 0 unspecified atom stereocenters. The molecule has 4 aromatic carbocycles. The average Bonchev–Trinajstić information content (AvgIpc) is 3.19. The number of methoxy groups -OCH3 is 1. The van der Waals surface area contributed by atoms with Gasteiger partial charge in [-0.05, 0) is 70.1 Å². The maximum absolute atomic E-state index is 13.4. The fraction of sp³-hybridized carbons (Fsp3) is 0.100. The first-order valence-corrected chi connectivity index (χ1v) is 13.3. The molecule has 1 heterocycles. The number of hydrogen-bond donors (Lipinski definition) is 1. The van der Waals surface area contributed by atoms with Gasteiger partial charge < -0.3 is 14.8 Å². The second-order valence-electron chi connectivity index (χ2n) is 8.79. The van der Waals surface area contributed by atoms with Crippen LogP contribution < -0.4 is 14.8 Å². The second kappa shape index (κ2) is 11.8. The maximum atomic E-state index is 13.4. The molecule has 7 nitrogen and oxygen atoms in total. The van der Waals surface area contributed by atoms with E-state index in [0.717, 1.165) is 27.3 Å². The summed E-state index contributed by atoms with van der Waals surface area (Å²) in [4.78, 5) is 38.7. The Labute approximate surface area is 238 Å². The zero-order valence-electron chi connectivity index (χ0n) is 21.1. The van der Waals surface area contributed by atoms with Gasteiger partial charge in [0, 0.05) is 5.69 Å². The van der Waals surface area contributed by atoms with Crippen molar-refractivity contribution in [3.8, 4) is 11.5 Å². The van der Waals surface area contributed by atoms with E-state index >= 15 is 0 Å². The lowest BCUT2D eigenvalue weighted by molar-refractivity contribution is -0.127. The number of carbonyl (C=O) groups excluding carboxylic acids is 3. The summed E-state index contributed by atoms with van der Waals surface area (Å²) in [5, 5.41) is 4.30. The number of nitrogens with one attached hydrogen (secondary N) is 1. The summed E-state index contributed by atoms with van der Waals surface area (Å²) >= 11 is 7.25. The van der Waals surface area contributed by atoms with E-state index < -0.39 is 29.4 Å². The molecule has 40 heavy (non-hydrogen) atoms. The van der Waals surface area contributed by atoms with Gasteiger partial charge in [-0.15, -0.1) is 0 Å². The molecule has 1 fully saturated rings. The number of anilines is 1. The summed E-state index contributed by atoms with van der Waals surface area (Å²) < 4.78 is 24.9. The number of ether oxygens (including phenoxy) is 2. The standard InChI is InChI=1S/C30H22ClFN2O5S/c1-38-25-13-18(12-24(31)28(25)39-17-20-8-4-7-19-6-2-3-11-23(19)20)14-26-29(36)34(30(37)40-26)16-27(35)33-22-10-5-9-21(32)15-22/h2-15H,16-17H2,1H3,(H,33,35)/b26-14+. The fourth-order valence-electron chi connectivity index (χ4n) is 4.23. The van der Waals surface area contributed by atoms with E-state index in [-0.39, 0.29) is 22.2 Å². The highest BCUT2D eigenvalue weighted by Crippen LogP contribution is 2.39. The average molecular weight is 577 g/mol. The number of fused-ring (bicyclic) bond motifs is 1. The summed E-state index contributed by atoms with van der Waals surface area (Å²) in [6.07, 6.45) is 1.50. The molecule has 1 aliphatic heterocycles. The number of benzene rings is 4. The van der Waals surface area contributed by atoms with Crippen LogP contribution >= 0.6 is 23.4 Å². The van der Waals surface area contributed by atoms with Crippen molar-refractivity contribution >= 4 is 63.0 Å². The van der Waals surface area contributed by atoms with Crippen LogP contribution in [0, 0.1) is 5.82 Å². The molecule has 1 N–H and O–H groups in total. The third kappa shape index (κ3) is 5.95. The highest BCUT2D eigenvalue weighted by molar-refractivity contribution is 8.18. The van der Waals surface area contributed by atoms with Crippen molar-refractivity contribution in [3.63, 3.8) is 0 Å². The van der Waals surface area contributed by atoms with Gasteiger partial charge in [0.25, 0.3) is 11.1 Å². The SMILES string of the molecule is COc1cc(/C=C2/SC(=O)N(CC(=O)Nc3cccc(F)c3)C2=O)cc(Cl)c1OCc1cccc2ccccc12. The van der Waals surface area contributed by atoms with Crippen LogP contribution in [0.3, 0.4) is 0 Å². The van der Waals surface area contributed by atoms with Gasteiger partial charge in [-0.3, -0.25) is 19.3 Å². The van der Waals surface area contributed by atoms with Gasteiger partial charge in [-0.25, -0.2) is 4.39 Å². The zero-order chi connectivity index (χ0) is 28.2. The Morgan fingerprint density at radius 3 is 2.62 bits per heavy atom. The van der Waals surface area contributed by atoms with Crippen molar-refractivity contribution in [1.29, 1.82) is 0 Å². The molecule has 0 atom stereocenters. The summed E-state index contributed by atoms with van der Waals surface area (Å²) in [5.41, 5.74) is 1.71. The first-order chi connectivity index (χ1) is 19.3. The van der Waals surface area contributed by atoms with E-state index in [1.165, 1.54) is 31.4 Å². The first-order valence-electron chi connectivity index (χ1n) is 12.1. The molecule has 0 aromatic heterocycles. The van der Waals surface area contributed by atoms with Gasteiger partial charge in [0.05, 0.1) is 17.0 Å². The number of nitrogens with zero attached hydrogens (tertiary/aromatic N) is 1. The minimum atomic E-state index is -0.633. The number of halogens is 2. The molecule has 0 saturated carbocycles. The van der Waals surface area contributed by atoms with E-state index in [0.29, 0.717) is 28.8 Å². The first kappa shape index (κ1) is 27.2. The molecule has 10 heteroatoms. The van der Waals surface area contributed by atoms with Crippen molar-refractivity contribution < 1.29 is 28.2 Å². The Kier molecular flexibility index (Phi) is 8.04. The molecule has 0 radical (unpaired) electrons. The molecular formula is C30H22ClFN2O5S. The van der Waals surface area contributed by atoms with Crippen molar-refractivity contribution in [2.45, 2.75) is 6.61 Å². The number of carbonyl (C=O) groups is 3. The van der Waals surface area contributed by atoms with Gasteiger partial charge >= 0.3 is 0 Å². The Morgan fingerprint density at radius 2 is 1.82 bits per heavy atom. The normalized spacial score (nSPS) is 14.2. The minimum Gasteiger partial charge on any atom is -0.493 e. The van der Waals surface area contributed by atoms with Crippen LogP contribution in [0.15, 0.2) is 83.8 Å². The minimum absolute atomic E-state index is 0.117. The van der Waals surface area contributed by atoms with E-state index in [9.17, 15) is 18.8 Å². The lowest BCUT2D eigenvalue weighted by Crippen LogP contribution is -2.36. The Balaban J connectivity index is 1.30. The van der Waals surface area contributed by atoms with Crippen molar-refractivity contribution in [2.75, 3.05) is 19.0 Å². The predicted molar refractivity (Wildman–Crippen MR) is 154 cm³/mol. The lowest BCUT2D eigenvalue weighted by atomic mass is 10.1. The second-order valence-corrected chi connectivity index (χ2v) is 10.2. The van der Waals surface area contributed by atoms with E-state index in [1.54, 1.807) is 12.1 Å². The van der Waals surface area contributed by atoms with Crippen LogP contribution in [0.25, 0.3) is 16.8 Å². The third-order valence-corrected chi connectivity index (χ3v) is 7.27. The van der Waals surface area contributed by atoms with Crippen LogP contribution in [-0.4, -0.2) is 35.6 Å². The molecule has 1 aliphatic rings. The largest absolute Gasteiger partial charge is 0.493 e. The fourth-order valence-corrected chi connectivity index (χ4v) is 5.34. The van der Waals surface area contributed by atoms with E-state index in [1.807, 2.05) is 42.5 Å². The van der Waals surface area contributed by atoms with Crippen LogP contribution in [0.2, 0.25) is 5.02 Å². The Hall–Kier alpha value is -4.34. The van der Waals surface area contributed by atoms with Crippen molar-refractivity contribution in [1.82, 2.24) is 4.90 Å². The molecule has 3 amide bonds. The van der Waals surface area contributed by atoms with Gasteiger partial charge in [0.15, 0.2) is 11.5 Å². The summed E-state index contributed by atoms with van der Waals surface area (Å²) in [5.74, 6) is -1.09. The lowest BCUT2D eigenvalue weighted by Gasteiger charge is -2.15. The molecule has 4 aromatic rings. The highest BCUT2D eigenvalue weighted by Gasteiger charge is 2.36. The monoisotopic (exact) mass is 576 g/mol. The third-order valence-electron chi connectivity index (χ3n) is 6.09. The molecule has 202 valence electrons. The Bertz CT molecular complexity index is 1670. The predicted octanol–water partition coefficient (Wildman–Crippen LogP) is 6.89. The number of rotatable bonds is 8. The number of thioether (sulfide) groups is 1. The summed E-state index contributed by atoms with van der Waals surface area (Å²) in [6, 6.07) is 22.5. The summed E-state index contributed by atoms with van der Waals surface area (Å²) in [7, 11) is 1.48. The van der Waals surface area contributed by atoms with Crippen molar-refractivity contribution in [3.05, 3.63) is 106 Å². The molecule has 0 bridgehead atoms. The molecule has 5 rings (SSSR count). The Morgan fingerprint density at radius 1 is 1.05 bits per heavy atom. The van der Waals surface area contributed by atoms with Gasteiger partial charge in [-0.1, -0.05) is 60.1 Å².